The lowest BCUT2D eigenvalue weighted by molar-refractivity contribution is 0.475. The van der Waals surface area contributed by atoms with Crippen molar-refractivity contribution in [3.63, 3.8) is 0 Å². The average Bonchev–Trinajstić information content (AvgIpc) is 2.08. The molecule has 0 aromatic heterocycles. The molecule has 0 amide bonds. The van der Waals surface area contributed by atoms with Crippen LogP contribution in [0.3, 0.4) is 0 Å². The highest BCUT2D eigenvalue weighted by atomic mass is 35.5. The van der Waals surface area contributed by atoms with E-state index in [-0.39, 0.29) is 5.75 Å². The fraction of sp³-hybridized carbons (Fsp3) is 0.111. The Morgan fingerprint density at radius 2 is 2.25 bits per heavy atom. The maximum absolute atomic E-state index is 9.11. The van der Waals surface area contributed by atoms with Crippen LogP contribution in [0.1, 0.15) is 5.56 Å². The van der Waals surface area contributed by atoms with E-state index in [9.17, 15) is 0 Å². The number of rotatable bonds is 2. The lowest BCUT2D eigenvalue weighted by atomic mass is 10.1. The van der Waals surface area contributed by atoms with Gasteiger partial charge in [-0.3, -0.25) is 0 Å². The molecular weight excluding hydrogens is 174 g/mol. The highest BCUT2D eigenvalue weighted by Gasteiger charge is 2.01. The molecule has 0 saturated heterocycles. The highest BCUT2D eigenvalue weighted by molar-refractivity contribution is 6.32. The molecule has 0 heterocycles. The van der Waals surface area contributed by atoms with Gasteiger partial charge >= 0.3 is 0 Å². The largest absolute Gasteiger partial charge is 0.506 e. The van der Waals surface area contributed by atoms with Crippen LogP contribution >= 0.6 is 11.6 Å². The van der Waals surface area contributed by atoms with E-state index in [4.69, 9.17) is 22.4 Å². The van der Waals surface area contributed by atoms with Gasteiger partial charge in [0, 0.05) is 6.54 Å². The molecule has 12 heavy (non-hydrogen) atoms. The number of nitrogens with two attached hydrogens (primary N) is 1. The van der Waals surface area contributed by atoms with Gasteiger partial charge in [0.05, 0.1) is 5.02 Å². The normalized spacial score (nSPS) is 9.83. The third-order valence-electron chi connectivity index (χ3n) is 1.60. The molecule has 1 aromatic carbocycles. The molecular formula is C9H10ClNO. The number of phenols is 1. The van der Waals surface area contributed by atoms with Crippen molar-refractivity contribution in [3.05, 3.63) is 35.4 Å². The molecule has 0 bridgehead atoms. The van der Waals surface area contributed by atoms with Gasteiger partial charge in [-0.2, -0.15) is 0 Å². The van der Waals surface area contributed by atoms with Gasteiger partial charge in [0.1, 0.15) is 5.75 Å². The van der Waals surface area contributed by atoms with Crippen LogP contribution in [0.4, 0.5) is 0 Å². The summed E-state index contributed by atoms with van der Waals surface area (Å²) in [5.41, 5.74) is 7.05. The molecule has 1 aromatic rings. The molecule has 0 fully saturated rings. The van der Waals surface area contributed by atoms with Crippen molar-refractivity contribution in [2.45, 2.75) is 0 Å². The fourth-order valence-electron chi connectivity index (χ4n) is 0.845. The maximum atomic E-state index is 9.11. The summed E-state index contributed by atoms with van der Waals surface area (Å²) in [6.45, 7) is 4.14. The van der Waals surface area contributed by atoms with Crippen molar-refractivity contribution in [1.29, 1.82) is 0 Å². The lowest BCUT2D eigenvalue weighted by Gasteiger charge is -2.03. The van der Waals surface area contributed by atoms with Crippen molar-refractivity contribution in [3.8, 4) is 5.75 Å². The van der Waals surface area contributed by atoms with Crippen molar-refractivity contribution < 1.29 is 5.11 Å². The Hall–Kier alpha value is -0.990. The van der Waals surface area contributed by atoms with Gasteiger partial charge in [-0.25, -0.2) is 0 Å². The first kappa shape index (κ1) is 9.10. The zero-order valence-corrected chi connectivity index (χ0v) is 7.30. The van der Waals surface area contributed by atoms with Crippen molar-refractivity contribution >= 4 is 17.2 Å². The Morgan fingerprint density at radius 1 is 1.58 bits per heavy atom. The smallest absolute Gasteiger partial charge is 0.134 e. The Morgan fingerprint density at radius 3 is 2.75 bits per heavy atom. The molecule has 0 unspecified atom stereocenters. The van der Waals surface area contributed by atoms with E-state index in [0.717, 1.165) is 11.1 Å². The molecule has 0 aliphatic carbocycles. The quantitative estimate of drug-likeness (QED) is 0.737. The second-order valence-electron chi connectivity index (χ2n) is 2.47. The summed E-state index contributed by atoms with van der Waals surface area (Å²) in [6.07, 6.45) is 0. The first-order valence-corrected chi connectivity index (χ1v) is 3.89. The monoisotopic (exact) mass is 183 g/mol. The molecule has 2 nitrogen and oxygen atoms in total. The zero-order valence-electron chi connectivity index (χ0n) is 6.55. The van der Waals surface area contributed by atoms with E-state index in [1.807, 2.05) is 0 Å². The third kappa shape index (κ3) is 1.78. The van der Waals surface area contributed by atoms with Crippen LogP contribution < -0.4 is 5.73 Å². The van der Waals surface area contributed by atoms with Crippen LogP contribution in [0.2, 0.25) is 5.02 Å². The van der Waals surface area contributed by atoms with Crippen LogP contribution in [0.25, 0.3) is 5.57 Å². The number of benzene rings is 1. The summed E-state index contributed by atoms with van der Waals surface area (Å²) >= 11 is 5.68. The second-order valence-corrected chi connectivity index (χ2v) is 2.88. The number of hydrogen-bond acceptors (Lipinski definition) is 2. The first-order chi connectivity index (χ1) is 5.65. The number of aromatic hydroxyl groups is 1. The number of phenolic OH excluding ortho intramolecular Hbond substituents is 1. The van der Waals surface area contributed by atoms with Gasteiger partial charge in [0.25, 0.3) is 0 Å². The Bertz CT molecular complexity index is 309. The molecule has 64 valence electrons. The molecule has 3 N–H and O–H groups in total. The standard InChI is InChI=1S/C9H10ClNO/c1-6(5-11)7-2-3-9(12)8(10)4-7/h2-4,12H,1,5,11H2. The van der Waals surface area contributed by atoms with E-state index in [1.54, 1.807) is 12.1 Å². The summed E-state index contributed by atoms with van der Waals surface area (Å²) in [7, 11) is 0. The predicted molar refractivity (Wildman–Crippen MR) is 51.2 cm³/mol. The summed E-state index contributed by atoms with van der Waals surface area (Å²) in [6, 6.07) is 4.90. The van der Waals surface area contributed by atoms with Crippen LogP contribution in [0.5, 0.6) is 5.75 Å². The van der Waals surface area contributed by atoms with Crippen molar-refractivity contribution in [1.82, 2.24) is 0 Å². The highest BCUT2D eigenvalue weighted by Crippen LogP contribution is 2.25. The average molecular weight is 184 g/mol. The fourth-order valence-corrected chi connectivity index (χ4v) is 1.03. The molecule has 3 heteroatoms. The molecule has 0 aliphatic heterocycles. The Kier molecular flexibility index (Phi) is 2.74. The van der Waals surface area contributed by atoms with Crippen LogP contribution in [0, 0.1) is 0 Å². The summed E-state index contributed by atoms with van der Waals surface area (Å²) < 4.78 is 0. The minimum atomic E-state index is 0.0743. The van der Waals surface area contributed by atoms with E-state index in [2.05, 4.69) is 6.58 Å². The molecule has 1 rings (SSSR count). The van der Waals surface area contributed by atoms with Crippen LogP contribution in [-0.2, 0) is 0 Å². The molecule has 0 atom stereocenters. The molecule has 0 radical (unpaired) electrons. The van der Waals surface area contributed by atoms with Gasteiger partial charge in [0.15, 0.2) is 0 Å². The van der Waals surface area contributed by atoms with Crippen LogP contribution in [0.15, 0.2) is 24.8 Å². The predicted octanol–water partition coefficient (Wildman–Crippen LogP) is 2.02. The van der Waals surface area contributed by atoms with Crippen LogP contribution in [-0.4, -0.2) is 11.7 Å². The Labute approximate surface area is 76.3 Å². The minimum Gasteiger partial charge on any atom is -0.506 e. The van der Waals surface area contributed by atoms with E-state index in [1.165, 1.54) is 6.07 Å². The maximum Gasteiger partial charge on any atom is 0.134 e. The molecule has 0 spiro atoms. The van der Waals surface area contributed by atoms with E-state index in [0.29, 0.717) is 11.6 Å². The SMILES string of the molecule is C=C(CN)c1ccc(O)c(Cl)c1. The van der Waals surface area contributed by atoms with Crippen molar-refractivity contribution in [2.24, 2.45) is 5.73 Å². The molecule has 0 aliphatic rings. The summed E-state index contributed by atoms with van der Waals surface area (Å²) in [5.74, 6) is 0.0743. The summed E-state index contributed by atoms with van der Waals surface area (Å²) in [5, 5.41) is 9.43. The molecule has 0 saturated carbocycles. The topological polar surface area (TPSA) is 46.2 Å². The second kappa shape index (κ2) is 3.61. The zero-order chi connectivity index (χ0) is 9.14. The van der Waals surface area contributed by atoms with Gasteiger partial charge in [0.2, 0.25) is 0 Å². The van der Waals surface area contributed by atoms with Gasteiger partial charge < -0.3 is 10.8 Å². The van der Waals surface area contributed by atoms with E-state index >= 15 is 0 Å². The van der Waals surface area contributed by atoms with Gasteiger partial charge in [-0.1, -0.05) is 24.2 Å². The summed E-state index contributed by atoms with van der Waals surface area (Å²) in [4.78, 5) is 0. The third-order valence-corrected chi connectivity index (χ3v) is 1.91. The number of halogens is 1. The first-order valence-electron chi connectivity index (χ1n) is 3.52. The van der Waals surface area contributed by atoms with Crippen molar-refractivity contribution in [2.75, 3.05) is 6.54 Å². The lowest BCUT2D eigenvalue weighted by Crippen LogP contribution is -2.00. The Balaban J connectivity index is 3.05. The van der Waals surface area contributed by atoms with Gasteiger partial charge in [-0.15, -0.1) is 0 Å². The minimum absolute atomic E-state index is 0.0743. The number of hydrogen-bond donors (Lipinski definition) is 2. The van der Waals surface area contributed by atoms with Gasteiger partial charge in [-0.05, 0) is 23.3 Å². The van der Waals surface area contributed by atoms with E-state index < -0.39 is 0 Å².